The van der Waals surface area contributed by atoms with Crippen LogP contribution >= 0.6 is 15.9 Å². The summed E-state index contributed by atoms with van der Waals surface area (Å²) in [5, 5.41) is 13.2. The normalized spacial score (nSPS) is 18.1. The van der Waals surface area contributed by atoms with E-state index in [1.165, 1.54) is 12.0 Å². The fraction of sp³-hybridized carbons (Fsp3) is 0.625. The van der Waals surface area contributed by atoms with Crippen molar-refractivity contribution in [2.75, 3.05) is 26.8 Å². The summed E-state index contributed by atoms with van der Waals surface area (Å²) in [6.45, 7) is 3.59. The highest BCUT2D eigenvalue weighted by Gasteiger charge is 2.36. The molecule has 0 aromatic heterocycles. The van der Waals surface area contributed by atoms with E-state index in [1.807, 2.05) is 25.1 Å². The summed E-state index contributed by atoms with van der Waals surface area (Å²) in [6.07, 6.45) is 2.88. The van der Waals surface area contributed by atoms with Crippen LogP contribution in [0.3, 0.4) is 0 Å². The van der Waals surface area contributed by atoms with E-state index in [0.717, 1.165) is 29.6 Å². The van der Waals surface area contributed by atoms with Gasteiger partial charge in [-0.05, 0) is 59.8 Å². The number of aryl methyl sites for hydroxylation is 1. The number of aliphatic hydroxyl groups excluding tert-OH is 1. The zero-order chi connectivity index (χ0) is 15.3. The second-order valence-electron chi connectivity index (χ2n) is 5.77. The van der Waals surface area contributed by atoms with Crippen LogP contribution < -0.4 is 10.1 Å². The number of methoxy groups -OCH3 is 1. The number of rotatable bonds is 8. The van der Waals surface area contributed by atoms with Crippen molar-refractivity contribution < 1.29 is 14.6 Å². The summed E-state index contributed by atoms with van der Waals surface area (Å²) < 4.78 is 12.1. The number of ether oxygens (including phenoxy) is 2. The number of hydrogen-bond acceptors (Lipinski definition) is 4. The molecule has 0 spiro atoms. The van der Waals surface area contributed by atoms with Crippen LogP contribution in [-0.4, -0.2) is 43.6 Å². The van der Waals surface area contributed by atoms with E-state index in [4.69, 9.17) is 9.47 Å². The summed E-state index contributed by atoms with van der Waals surface area (Å²) in [5.74, 6) is 0.756. The highest BCUT2D eigenvalue weighted by Crippen LogP contribution is 2.34. The highest BCUT2D eigenvalue weighted by atomic mass is 79.9. The Hall–Kier alpha value is -0.620. The third-order valence-corrected chi connectivity index (χ3v) is 4.66. The lowest BCUT2D eigenvalue weighted by atomic mass is 9.80. The van der Waals surface area contributed by atoms with Crippen LogP contribution in [0.5, 0.6) is 5.75 Å². The minimum absolute atomic E-state index is 0.0133. The fourth-order valence-electron chi connectivity index (χ4n) is 2.46. The van der Waals surface area contributed by atoms with Gasteiger partial charge in [0.1, 0.15) is 18.5 Å². The lowest BCUT2D eigenvalue weighted by Gasteiger charge is -2.40. The molecule has 4 nitrogen and oxygen atoms in total. The molecule has 118 valence electrons. The molecule has 2 rings (SSSR count). The van der Waals surface area contributed by atoms with Crippen LogP contribution in [0.15, 0.2) is 22.7 Å². The average Bonchev–Trinajstić information content (AvgIpc) is 2.41. The predicted molar refractivity (Wildman–Crippen MR) is 86.8 cm³/mol. The zero-order valence-electron chi connectivity index (χ0n) is 12.7. The van der Waals surface area contributed by atoms with Gasteiger partial charge >= 0.3 is 0 Å². The van der Waals surface area contributed by atoms with E-state index in [0.29, 0.717) is 6.54 Å². The summed E-state index contributed by atoms with van der Waals surface area (Å²) >= 11 is 3.46. The molecule has 1 saturated carbocycles. The molecule has 0 amide bonds. The fourth-order valence-corrected chi connectivity index (χ4v) is 3.07. The Morgan fingerprint density at radius 2 is 2.19 bits per heavy atom. The molecule has 5 heteroatoms. The first-order valence-corrected chi connectivity index (χ1v) is 8.17. The van der Waals surface area contributed by atoms with E-state index < -0.39 is 6.10 Å². The quantitative estimate of drug-likeness (QED) is 0.750. The third kappa shape index (κ3) is 4.68. The second kappa shape index (κ2) is 7.58. The van der Waals surface area contributed by atoms with Gasteiger partial charge in [0.2, 0.25) is 0 Å². The van der Waals surface area contributed by atoms with Gasteiger partial charge in [-0.2, -0.15) is 0 Å². The molecule has 0 saturated heterocycles. The minimum atomic E-state index is -0.535. The minimum Gasteiger partial charge on any atom is -0.490 e. The largest absolute Gasteiger partial charge is 0.490 e. The summed E-state index contributed by atoms with van der Waals surface area (Å²) in [7, 11) is 1.76. The van der Waals surface area contributed by atoms with Crippen molar-refractivity contribution >= 4 is 15.9 Å². The van der Waals surface area contributed by atoms with Crippen molar-refractivity contribution in [2.45, 2.75) is 37.9 Å². The predicted octanol–water partition coefficient (Wildman–Crippen LogP) is 2.66. The van der Waals surface area contributed by atoms with Crippen LogP contribution in [0, 0.1) is 6.92 Å². The highest BCUT2D eigenvalue weighted by molar-refractivity contribution is 9.10. The van der Waals surface area contributed by atoms with Crippen molar-refractivity contribution in [2.24, 2.45) is 0 Å². The third-order valence-electron chi connectivity index (χ3n) is 4.04. The van der Waals surface area contributed by atoms with Crippen molar-refractivity contribution in [1.82, 2.24) is 5.32 Å². The molecular formula is C16H24BrNO3. The molecule has 0 heterocycles. The Balaban J connectivity index is 1.68. The van der Waals surface area contributed by atoms with Crippen LogP contribution in [0.4, 0.5) is 0 Å². The first-order valence-electron chi connectivity index (χ1n) is 7.37. The van der Waals surface area contributed by atoms with E-state index in [-0.39, 0.29) is 12.2 Å². The Morgan fingerprint density at radius 3 is 2.76 bits per heavy atom. The Morgan fingerprint density at radius 1 is 1.43 bits per heavy atom. The van der Waals surface area contributed by atoms with Gasteiger partial charge in [0.25, 0.3) is 0 Å². The van der Waals surface area contributed by atoms with Crippen LogP contribution in [-0.2, 0) is 4.74 Å². The Kier molecular flexibility index (Phi) is 6.05. The van der Waals surface area contributed by atoms with Crippen molar-refractivity contribution in [3.05, 3.63) is 28.2 Å². The molecule has 0 aliphatic heterocycles. The molecule has 0 radical (unpaired) electrons. The van der Waals surface area contributed by atoms with Crippen molar-refractivity contribution in [1.29, 1.82) is 0 Å². The number of nitrogens with one attached hydrogen (secondary N) is 1. The smallest absolute Gasteiger partial charge is 0.133 e. The van der Waals surface area contributed by atoms with Crippen molar-refractivity contribution in [3.63, 3.8) is 0 Å². The molecule has 1 fully saturated rings. The van der Waals surface area contributed by atoms with E-state index in [1.54, 1.807) is 7.11 Å². The lowest BCUT2D eigenvalue weighted by molar-refractivity contribution is -0.0706. The van der Waals surface area contributed by atoms with E-state index in [2.05, 4.69) is 21.2 Å². The molecule has 1 aliphatic rings. The first-order chi connectivity index (χ1) is 10.0. The SMILES string of the molecule is COC1(CNCC(O)COc2ccc(C)cc2Br)CCC1. The number of aliphatic hydroxyl groups is 1. The maximum Gasteiger partial charge on any atom is 0.133 e. The maximum absolute atomic E-state index is 9.97. The topological polar surface area (TPSA) is 50.7 Å². The van der Waals surface area contributed by atoms with E-state index >= 15 is 0 Å². The molecular weight excluding hydrogens is 334 g/mol. The Bertz CT molecular complexity index is 457. The van der Waals surface area contributed by atoms with Crippen LogP contribution in [0.25, 0.3) is 0 Å². The summed E-state index contributed by atoms with van der Waals surface area (Å²) in [5.41, 5.74) is 1.16. The molecule has 1 unspecified atom stereocenters. The van der Waals surface area contributed by atoms with Gasteiger partial charge in [-0.15, -0.1) is 0 Å². The van der Waals surface area contributed by atoms with Gasteiger partial charge in [-0.1, -0.05) is 6.07 Å². The second-order valence-corrected chi connectivity index (χ2v) is 6.62. The average molecular weight is 358 g/mol. The standard InChI is InChI=1S/C16H24BrNO3/c1-12-4-5-15(14(17)8-12)21-10-13(19)9-18-11-16(20-2)6-3-7-16/h4-5,8,13,18-19H,3,6-7,9-11H2,1-2H3. The first kappa shape index (κ1) is 16.7. The molecule has 2 N–H and O–H groups in total. The van der Waals surface area contributed by atoms with Gasteiger partial charge in [0, 0.05) is 20.2 Å². The van der Waals surface area contributed by atoms with Gasteiger partial charge in [0.15, 0.2) is 0 Å². The zero-order valence-corrected chi connectivity index (χ0v) is 14.3. The van der Waals surface area contributed by atoms with Crippen molar-refractivity contribution in [3.8, 4) is 5.75 Å². The van der Waals surface area contributed by atoms with Crippen LogP contribution in [0.2, 0.25) is 0 Å². The molecule has 1 aromatic carbocycles. The lowest BCUT2D eigenvalue weighted by Crippen LogP contribution is -2.49. The molecule has 1 aliphatic carbocycles. The monoisotopic (exact) mass is 357 g/mol. The molecule has 1 aromatic rings. The number of halogens is 1. The summed E-state index contributed by atoms with van der Waals surface area (Å²) in [6, 6.07) is 5.90. The number of hydrogen-bond donors (Lipinski definition) is 2. The molecule has 0 bridgehead atoms. The molecule has 1 atom stereocenters. The van der Waals surface area contributed by atoms with E-state index in [9.17, 15) is 5.11 Å². The van der Waals surface area contributed by atoms with Crippen LogP contribution in [0.1, 0.15) is 24.8 Å². The van der Waals surface area contributed by atoms with Gasteiger partial charge in [0.05, 0.1) is 10.1 Å². The van der Waals surface area contributed by atoms with Gasteiger partial charge in [-0.25, -0.2) is 0 Å². The maximum atomic E-state index is 9.97. The number of benzene rings is 1. The van der Waals surface area contributed by atoms with Gasteiger partial charge in [-0.3, -0.25) is 0 Å². The summed E-state index contributed by atoms with van der Waals surface area (Å²) in [4.78, 5) is 0. The Labute approximate surface area is 135 Å². The molecule has 21 heavy (non-hydrogen) atoms. The van der Waals surface area contributed by atoms with Gasteiger partial charge < -0.3 is 19.9 Å².